The molecule has 0 radical (unpaired) electrons. The van der Waals surface area contributed by atoms with Gasteiger partial charge in [0.1, 0.15) is 0 Å². The Bertz CT molecular complexity index is 667. The molecular weight excluding hydrogens is 380 g/mol. The van der Waals surface area contributed by atoms with Crippen molar-refractivity contribution in [2.45, 2.75) is 31.3 Å². The van der Waals surface area contributed by atoms with Crippen molar-refractivity contribution in [2.24, 2.45) is 5.92 Å². The van der Waals surface area contributed by atoms with Crippen molar-refractivity contribution in [3.63, 3.8) is 0 Å². The van der Waals surface area contributed by atoms with Gasteiger partial charge in [0.2, 0.25) is 0 Å². The molecule has 1 N–H and O–H groups in total. The van der Waals surface area contributed by atoms with Crippen molar-refractivity contribution < 1.29 is 4.79 Å². The number of alkyl halides is 1. The average Bonchev–Trinajstić information content (AvgIpc) is 2.61. The van der Waals surface area contributed by atoms with Gasteiger partial charge in [0.15, 0.2) is 0 Å². The highest BCUT2D eigenvalue weighted by atomic mass is 79.9. The maximum atomic E-state index is 12.8. The van der Waals surface area contributed by atoms with Gasteiger partial charge in [-0.25, -0.2) is 0 Å². The summed E-state index contributed by atoms with van der Waals surface area (Å²) >= 11 is 3.49. The van der Waals surface area contributed by atoms with E-state index < -0.39 is 0 Å². The molecule has 134 valence electrons. The summed E-state index contributed by atoms with van der Waals surface area (Å²) < 4.78 is 0. The SMILES string of the molecule is CC1=CC(C)CNC1N1CCN(C(=O)C2=C(C#N)CC(Br)C=C2)CC1. The van der Waals surface area contributed by atoms with Crippen molar-refractivity contribution in [1.82, 2.24) is 15.1 Å². The number of carbonyl (C=O) groups excluding carboxylic acids is 1. The minimum absolute atomic E-state index is 0.00987. The van der Waals surface area contributed by atoms with Crippen LogP contribution < -0.4 is 5.32 Å². The number of rotatable bonds is 2. The van der Waals surface area contributed by atoms with E-state index >= 15 is 0 Å². The van der Waals surface area contributed by atoms with E-state index in [0.29, 0.717) is 36.6 Å². The van der Waals surface area contributed by atoms with Crippen molar-refractivity contribution >= 4 is 21.8 Å². The predicted octanol–water partition coefficient (Wildman–Crippen LogP) is 2.19. The summed E-state index contributed by atoms with van der Waals surface area (Å²) in [6.45, 7) is 8.50. The van der Waals surface area contributed by atoms with E-state index in [-0.39, 0.29) is 16.9 Å². The fourth-order valence-electron chi connectivity index (χ4n) is 3.81. The normalized spacial score (nSPS) is 30.9. The number of nitrogens with one attached hydrogen (secondary N) is 1. The Morgan fingerprint density at radius 2 is 2.08 bits per heavy atom. The minimum Gasteiger partial charge on any atom is -0.336 e. The van der Waals surface area contributed by atoms with Crippen LogP contribution in [0.25, 0.3) is 0 Å². The van der Waals surface area contributed by atoms with Gasteiger partial charge in [0.05, 0.1) is 17.8 Å². The quantitative estimate of drug-likeness (QED) is 0.565. The number of nitriles is 1. The minimum atomic E-state index is -0.00987. The number of halogens is 1. The smallest absolute Gasteiger partial charge is 0.254 e. The van der Waals surface area contributed by atoms with Crippen LogP contribution in [0.4, 0.5) is 0 Å². The number of allylic oxidation sites excluding steroid dienone is 2. The van der Waals surface area contributed by atoms with E-state index in [2.05, 4.69) is 52.1 Å². The molecule has 3 aliphatic rings. The Hall–Kier alpha value is -1.42. The van der Waals surface area contributed by atoms with Gasteiger partial charge < -0.3 is 4.90 Å². The van der Waals surface area contributed by atoms with Crippen LogP contribution in [-0.2, 0) is 4.79 Å². The zero-order chi connectivity index (χ0) is 18.0. The van der Waals surface area contributed by atoms with Gasteiger partial charge in [-0.05, 0) is 24.8 Å². The Balaban J connectivity index is 1.63. The molecule has 3 unspecified atom stereocenters. The van der Waals surface area contributed by atoms with Crippen LogP contribution in [0, 0.1) is 17.2 Å². The van der Waals surface area contributed by atoms with Crippen LogP contribution in [0.3, 0.4) is 0 Å². The third-order valence-corrected chi connectivity index (χ3v) is 5.77. The second kappa shape index (κ2) is 7.86. The maximum absolute atomic E-state index is 12.8. The summed E-state index contributed by atoms with van der Waals surface area (Å²) in [6, 6.07) is 2.20. The van der Waals surface area contributed by atoms with E-state index in [0.717, 1.165) is 19.6 Å². The first-order valence-corrected chi connectivity index (χ1v) is 9.81. The van der Waals surface area contributed by atoms with Crippen LogP contribution in [-0.4, -0.2) is 59.4 Å². The number of amides is 1. The molecule has 0 aromatic heterocycles. The van der Waals surface area contributed by atoms with Crippen molar-refractivity contribution in [3.8, 4) is 6.07 Å². The van der Waals surface area contributed by atoms with E-state index in [1.807, 2.05) is 11.0 Å². The molecule has 0 saturated carbocycles. The predicted molar refractivity (Wildman–Crippen MR) is 102 cm³/mol. The van der Waals surface area contributed by atoms with Crippen LogP contribution in [0.5, 0.6) is 0 Å². The first kappa shape index (κ1) is 18.4. The fraction of sp³-hybridized carbons (Fsp3) is 0.579. The lowest BCUT2D eigenvalue weighted by Gasteiger charge is -2.42. The molecule has 1 aliphatic carbocycles. The number of piperazine rings is 1. The molecule has 0 aromatic carbocycles. The van der Waals surface area contributed by atoms with Gasteiger partial charge in [-0.15, -0.1) is 0 Å². The van der Waals surface area contributed by atoms with E-state index in [9.17, 15) is 10.1 Å². The largest absolute Gasteiger partial charge is 0.336 e. The molecule has 0 bridgehead atoms. The second-order valence-corrected chi connectivity index (χ2v) is 8.29. The summed E-state index contributed by atoms with van der Waals surface area (Å²) in [6.07, 6.45) is 6.96. The molecule has 3 atom stereocenters. The summed E-state index contributed by atoms with van der Waals surface area (Å²) in [5, 5.41) is 12.9. The fourth-order valence-corrected chi connectivity index (χ4v) is 4.28. The standard InChI is InChI=1S/C19H25BrN4O/c1-13-9-14(2)18(22-12-13)23-5-7-24(8-6-23)19(25)17-4-3-16(20)10-15(17)11-21/h3-4,9,13,16,18,22H,5-8,10,12H2,1-2H3. The molecule has 1 saturated heterocycles. The maximum Gasteiger partial charge on any atom is 0.254 e. The van der Waals surface area contributed by atoms with E-state index in [1.54, 1.807) is 6.08 Å². The number of nitrogens with zero attached hydrogens (tertiary/aromatic N) is 3. The third kappa shape index (κ3) is 4.05. The van der Waals surface area contributed by atoms with Crippen LogP contribution in [0.1, 0.15) is 20.3 Å². The van der Waals surface area contributed by atoms with Crippen molar-refractivity contribution in [3.05, 3.63) is 34.9 Å². The molecular formula is C19H25BrN4O. The Labute approximate surface area is 158 Å². The molecule has 1 amide bonds. The van der Waals surface area contributed by atoms with Gasteiger partial charge in [-0.1, -0.05) is 41.1 Å². The zero-order valence-corrected chi connectivity index (χ0v) is 16.4. The average molecular weight is 405 g/mol. The summed E-state index contributed by atoms with van der Waals surface area (Å²) in [5.41, 5.74) is 2.51. The zero-order valence-electron chi connectivity index (χ0n) is 14.8. The van der Waals surface area contributed by atoms with Crippen LogP contribution in [0.2, 0.25) is 0 Å². The molecule has 2 heterocycles. The van der Waals surface area contributed by atoms with Crippen molar-refractivity contribution in [1.29, 1.82) is 5.26 Å². The Morgan fingerprint density at radius 1 is 1.36 bits per heavy atom. The lowest BCUT2D eigenvalue weighted by Crippen LogP contribution is -2.57. The highest BCUT2D eigenvalue weighted by Gasteiger charge is 2.30. The molecule has 25 heavy (non-hydrogen) atoms. The van der Waals surface area contributed by atoms with Gasteiger partial charge in [-0.2, -0.15) is 5.26 Å². The highest BCUT2D eigenvalue weighted by Crippen LogP contribution is 2.25. The number of hydrogen-bond donors (Lipinski definition) is 1. The topological polar surface area (TPSA) is 59.4 Å². The molecule has 2 aliphatic heterocycles. The highest BCUT2D eigenvalue weighted by molar-refractivity contribution is 9.09. The van der Waals surface area contributed by atoms with Gasteiger partial charge >= 0.3 is 0 Å². The van der Waals surface area contributed by atoms with Gasteiger partial charge in [0.25, 0.3) is 5.91 Å². The Kier molecular flexibility index (Phi) is 5.78. The second-order valence-electron chi connectivity index (χ2n) is 7.11. The molecule has 0 aromatic rings. The summed E-state index contributed by atoms with van der Waals surface area (Å²) in [5.74, 6) is 0.566. The lowest BCUT2D eigenvalue weighted by atomic mass is 9.97. The van der Waals surface area contributed by atoms with Gasteiger partial charge in [0, 0.05) is 43.1 Å². The van der Waals surface area contributed by atoms with Crippen molar-refractivity contribution in [2.75, 3.05) is 32.7 Å². The first-order valence-electron chi connectivity index (χ1n) is 8.90. The Morgan fingerprint density at radius 3 is 2.72 bits per heavy atom. The molecule has 6 heteroatoms. The number of carbonyl (C=O) groups is 1. The van der Waals surface area contributed by atoms with Gasteiger partial charge in [-0.3, -0.25) is 15.0 Å². The molecule has 1 fully saturated rings. The molecule has 0 spiro atoms. The molecule has 5 nitrogen and oxygen atoms in total. The van der Waals surface area contributed by atoms with Crippen LogP contribution in [0.15, 0.2) is 34.9 Å². The monoisotopic (exact) mass is 404 g/mol. The summed E-state index contributed by atoms with van der Waals surface area (Å²) in [7, 11) is 0. The third-order valence-electron chi connectivity index (χ3n) is 5.14. The van der Waals surface area contributed by atoms with Crippen LogP contribution >= 0.6 is 15.9 Å². The number of hydrogen-bond acceptors (Lipinski definition) is 4. The van der Waals surface area contributed by atoms with E-state index in [4.69, 9.17) is 0 Å². The lowest BCUT2D eigenvalue weighted by molar-refractivity contribution is -0.128. The first-order chi connectivity index (χ1) is 12.0. The summed E-state index contributed by atoms with van der Waals surface area (Å²) in [4.78, 5) is 17.3. The van der Waals surface area contributed by atoms with E-state index in [1.165, 1.54) is 5.57 Å². The molecule has 3 rings (SSSR count).